The van der Waals surface area contributed by atoms with Crippen molar-refractivity contribution in [3.05, 3.63) is 39.4 Å². The molecule has 0 aliphatic heterocycles. The van der Waals surface area contributed by atoms with E-state index in [0.717, 1.165) is 17.3 Å². The third-order valence-corrected chi connectivity index (χ3v) is 2.70. The van der Waals surface area contributed by atoms with Crippen molar-refractivity contribution in [1.82, 2.24) is 0 Å². The fraction of sp³-hybridized carbons (Fsp3) is 0.250. The highest BCUT2D eigenvalue weighted by molar-refractivity contribution is 8.13. The highest BCUT2D eigenvalue weighted by atomic mass is 32.2. The van der Waals surface area contributed by atoms with Crippen LogP contribution in [0.15, 0.2) is 18.2 Å². The summed E-state index contributed by atoms with van der Waals surface area (Å²) in [6.07, 6.45) is 0. The Hall–Kier alpha value is -1.80. The lowest BCUT2D eigenvalue weighted by atomic mass is 10.1. The monoisotopic (exact) mass is 249 g/mol. The van der Waals surface area contributed by atoms with Gasteiger partial charge in [-0.25, -0.2) is 0 Å². The Labute approximate surface area is 104 Å². The van der Waals surface area contributed by atoms with Crippen LogP contribution in [0.1, 0.15) is 18.1 Å². The highest BCUT2D eigenvalue weighted by Crippen LogP contribution is 2.16. The summed E-state index contributed by atoms with van der Waals surface area (Å²) in [6.45, 7) is 3.32. The summed E-state index contributed by atoms with van der Waals surface area (Å²) >= 11 is 1.12. The Morgan fingerprint density at radius 3 is 2.82 bits per heavy atom. The van der Waals surface area contributed by atoms with Crippen LogP contribution in [0.3, 0.4) is 0 Å². The van der Waals surface area contributed by atoms with Crippen molar-refractivity contribution in [1.29, 1.82) is 0 Å². The lowest BCUT2D eigenvalue weighted by molar-refractivity contribution is -0.384. The molecule has 1 aromatic carbocycles. The Balaban J connectivity index is 2.86. The molecule has 0 aromatic heterocycles. The van der Waals surface area contributed by atoms with Crippen molar-refractivity contribution in [2.24, 2.45) is 0 Å². The molecule has 4 nitrogen and oxygen atoms in total. The second-order valence-electron chi connectivity index (χ2n) is 3.34. The number of benzene rings is 1. The number of nitro benzene ring substituents is 1. The summed E-state index contributed by atoms with van der Waals surface area (Å²) in [7, 11) is 0. The van der Waals surface area contributed by atoms with Gasteiger partial charge in [-0.2, -0.15) is 0 Å². The van der Waals surface area contributed by atoms with Crippen molar-refractivity contribution >= 4 is 22.6 Å². The number of carbonyl (C=O) groups excluding carboxylic acids is 1. The van der Waals surface area contributed by atoms with Crippen LogP contribution >= 0.6 is 11.8 Å². The van der Waals surface area contributed by atoms with E-state index in [0.29, 0.717) is 11.3 Å². The first-order valence-electron chi connectivity index (χ1n) is 4.88. The molecule has 5 heteroatoms. The summed E-state index contributed by atoms with van der Waals surface area (Å²) in [4.78, 5) is 20.8. The van der Waals surface area contributed by atoms with Crippen LogP contribution in [0, 0.1) is 28.9 Å². The van der Waals surface area contributed by atoms with Gasteiger partial charge in [-0.05, 0) is 12.5 Å². The molecule has 0 heterocycles. The minimum Gasteiger partial charge on any atom is -0.288 e. The van der Waals surface area contributed by atoms with Crippen molar-refractivity contribution in [3.8, 4) is 11.8 Å². The number of hydrogen-bond acceptors (Lipinski definition) is 4. The van der Waals surface area contributed by atoms with E-state index in [1.54, 1.807) is 6.07 Å². The number of aryl methyl sites for hydroxylation is 1. The summed E-state index contributed by atoms with van der Waals surface area (Å²) in [5.41, 5.74) is 1.54. The maximum absolute atomic E-state index is 10.7. The fourth-order valence-corrected chi connectivity index (χ4v) is 1.47. The van der Waals surface area contributed by atoms with E-state index in [9.17, 15) is 14.9 Å². The molecule has 0 N–H and O–H groups in total. The van der Waals surface area contributed by atoms with Crippen molar-refractivity contribution in [3.63, 3.8) is 0 Å². The van der Waals surface area contributed by atoms with Crippen LogP contribution in [0.25, 0.3) is 0 Å². The number of thioether (sulfide) groups is 1. The molecule has 0 saturated carbocycles. The average molecular weight is 249 g/mol. The van der Waals surface area contributed by atoms with Gasteiger partial charge in [0, 0.05) is 24.6 Å². The quantitative estimate of drug-likeness (QED) is 0.459. The van der Waals surface area contributed by atoms with E-state index in [1.165, 1.54) is 19.1 Å². The zero-order chi connectivity index (χ0) is 12.8. The molecule has 0 radical (unpaired) electrons. The molecule has 0 bridgehead atoms. The Morgan fingerprint density at radius 2 is 2.24 bits per heavy atom. The normalized spacial score (nSPS) is 9.29. The van der Waals surface area contributed by atoms with Crippen LogP contribution in [0.4, 0.5) is 5.69 Å². The first kappa shape index (κ1) is 13.3. The molecule has 0 spiro atoms. The molecule has 0 atom stereocenters. The van der Waals surface area contributed by atoms with Gasteiger partial charge < -0.3 is 0 Å². The Bertz CT molecular complexity index is 514. The van der Waals surface area contributed by atoms with Gasteiger partial charge in [-0.3, -0.25) is 14.9 Å². The van der Waals surface area contributed by atoms with Gasteiger partial charge in [0.25, 0.3) is 5.69 Å². The average Bonchev–Trinajstić information content (AvgIpc) is 2.25. The zero-order valence-corrected chi connectivity index (χ0v) is 10.3. The zero-order valence-electron chi connectivity index (χ0n) is 9.52. The van der Waals surface area contributed by atoms with Gasteiger partial charge in [0.2, 0.25) is 0 Å². The molecular formula is C12H11NO3S. The largest absolute Gasteiger partial charge is 0.288 e. The van der Waals surface area contributed by atoms with Crippen LogP contribution in [0.2, 0.25) is 0 Å². The molecule has 0 amide bonds. The minimum atomic E-state index is -0.449. The molecule has 88 valence electrons. The van der Waals surface area contributed by atoms with Crippen molar-refractivity contribution in [2.75, 3.05) is 5.75 Å². The molecule has 0 unspecified atom stereocenters. The van der Waals surface area contributed by atoms with Crippen LogP contribution in [-0.4, -0.2) is 15.8 Å². The minimum absolute atomic E-state index is 0.00932. The van der Waals surface area contributed by atoms with Gasteiger partial charge in [0.15, 0.2) is 5.12 Å². The Kier molecular flexibility index (Phi) is 4.73. The third-order valence-electron chi connectivity index (χ3n) is 2.00. The summed E-state index contributed by atoms with van der Waals surface area (Å²) in [5.74, 6) is 6.05. The van der Waals surface area contributed by atoms with E-state index in [-0.39, 0.29) is 10.8 Å². The first-order valence-corrected chi connectivity index (χ1v) is 5.86. The molecule has 0 saturated heterocycles. The number of non-ortho nitro benzene ring substituents is 1. The molecule has 0 fully saturated rings. The van der Waals surface area contributed by atoms with Crippen molar-refractivity contribution in [2.45, 2.75) is 13.8 Å². The second kappa shape index (κ2) is 6.06. The van der Waals surface area contributed by atoms with Gasteiger partial charge in [0.1, 0.15) is 0 Å². The smallest absolute Gasteiger partial charge is 0.270 e. The van der Waals surface area contributed by atoms with Gasteiger partial charge in [-0.1, -0.05) is 29.7 Å². The molecule has 0 aliphatic rings. The highest BCUT2D eigenvalue weighted by Gasteiger charge is 2.06. The summed E-state index contributed by atoms with van der Waals surface area (Å²) in [6, 6.07) is 4.56. The second-order valence-corrected chi connectivity index (χ2v) is 4.49. The lowest BCUT2D eigenvalue weighted by Crippen LogP contribution is -1.90. The van der Waals surface area contributed by atoms with Crippen LogP contribution in [-0.2, 0) is 4.79 Å². The van der Waals surface area contributed by atoms with Crippen LogP contribution < -0.4 is 0 Å². The summed E-state index contributed by atoms with van der Waals surface area (Å²) < 4.78 is 0. The van der Waals surface area contributed by atoms with Gasteiger partial charge >= 0.3 is 0 Å². The van der Waals surface area contributed by atoms with Crippen molar-refractivity contribution < 1.29 is 9.72 Å². The lowest BCUT2D eigenvalue weighted by Gasteiger charge is -1.97. The number of nitrogens with zero attached hydrogens (tertiary/aromatic N) is 1. The maximum atomic E-state index is 10.7. The van der Waals surface area contributed by atoms with Gasteiger partial charge in [-0.15, -0.1) is 0 Å². The molecule has 17 heavy (non-hydrogen) atoms. The predicted octanol–water partition coefficient (Wildman–Crippen LogP) is 2.53. The van der Waals surface area contributed by atoms with Crippen LogP contribution in [0.5, 0.6) is 0 Å². The molecule has 1 aromatic rings. The third kappa shape index (κ3) is 4.29. The maximum Gasteiger partial charge on any atom is 0.270 e. The molecule has 0 aliphatic carbocycles. The molecule has 1 rings (SSSR count). The van der Waals surface area contributed by atoms with E-state index < -0.39 is 4.92 Å². The number of nitro groups is 1. The van der Waals surface area contributed by atoms with E-state index in [4.69, 9.17) is 0 Å². The number of carbonyl (C=O) groups is 1. The Morgan fingerprint density at radius 1 is 1.53 bits per heavy atom. The first-order chi connectivity index (χ1) is 8.00. The topological polar surface area (TPSA) is 60.2 Å². The van der Waals surface area contributed by atoms with E-state index in [2.05, 4.69) is 11.8 Å². The number of rotatable bonds is 2. The predicted molar refractivity (Wildman–Crippen MR) is 67.9 cm³/mol. The fourth-order valence-electron chi connectivity index (χ4n) is 1.13. The SMILES string of the molecule is CC(=O)SCC#Cc1cc([N+](=O)[O-])ccc1C. The van der Waals surface area contributed by atoms with E-state index >= 15 is 0 Å². The summed E-state index contributed by atoms with van der Waals surface area (Å²) in [5, 5.41) is 10.6. The number of hydrogen-bond donors (Lipinski definition) is 0. The molecular weight excluding hydrogens is 238 g/mol. The van der Waals surface area contributed by atoms with Gasteiger partial charge in [0.05, 0.1) is 10.7 Å². The van der Waals surface area contributed by atoms with E-state index in [1.807, 2.05) is 6.92 Å². The standard InChI is InChI=1S/C12H11NO3S/c1-9-5-6-12(13(15)16)8-11(9)4-3-7-17-10(2)14/h5-6,8H,7H2,1-2H3.